The van der Waals surface area contributed by atoms with E-state index >= 15 is 0 Å². The van der Waals surface area contributed by atoms with E-state index in [-0.39, 0.29) is 12.0 Å². The fourth-order valence-corrected chi connectivity index (χ4v) is 2.81. The number of hydrogen-bond donors (Lipinski definition) is 0. The number of anilines is 1. The summed E-state index contributed by atoms with van der Waals surface area (Å²) in [6, 6.07) is 0. The van der Waals surface area contributed by atoms with Gasteiger partial charge in [-0.05, 0) is 7.05 Å². The van der Waals surface area contributed by atoms with E-state index in [0.29, 0.717) is 26.2 Å². The number of aromatic nitrogens is 1. The van der Waals surface area contributed by atoms with Crippen LogP contribution in [-0.2, 0) is 14.3 Å². The van der Waals surface area contributed by atoms with Gasteiger partial charge < -0.3 is 14.4 Å². The van der Waals surface area contributed by atoms with Crippen LogP contribution < -0.4 is 4.90 Å². The van der Waals surface area contributed by atoms with Crippen molar-refractivity contribution in [3.63, 3.8) is 0 Å². The van der Waals surface area contributed by atoms with Crippen LogP contribution in [0.1, 0.15) is 6.42 Å². The number of nitrogens with zero attached hydrogens (tertiary/aromatic N) is 3. The molecule has 2 heterocycles. The first-order valence-electron chi connectivity index (χ1n) is 6.69. The fraction of sp³-hybridized carbons (Fsp3) is 0.692. The van der Waals surface area contributed by atoms with E-state index in [1.807, 2.05) is 5.38 Å². The molecule has 0 bridgehead atoms. The van der Waals surface area contributed by atoms with E-state index in [0.717, 1.165) is 18.2 Å². The predicted molar refractivity (Wildman–Crippen MR) is 78.2 cm³/mol. The van der Waals surface area contributed by atoms with Crippen LogP contribution in [0.25, 0.3) is 0 Å². The van der Waals surface area contributed by atoms with E-state index in [4.69, 9.17) is 9.47 Å². The van der Waals surface area contributed by atoms with Gasteiger partial charge in [0.15, 0.2) is 5.13 Å². The third-order valence-corrected chi connectivity index (χ3v) is 3.99. The van der Waals surface area contributed by atoms with Crippen LogP contribution in [0.4, 0.5) is 5.13 Å². The lowest BCUT2D eigenvalue weighted by Gasteiger charge is -2.33. The molecule has 1 unspecified atom stereocenters. The molecule has 0 aromatic carbocycles. The van der Waals surface area contributed by atoms with Gasteiger partial charge in [-0.3, -0.25) is 9.69 Å². The minimum Gasteiger partial charge on any atom is -0.384 e. The van der Waals surface area contributed by atoms with Gasteiger partial charge in [0.2, 0.25) is 5.91 Å². The van der Waals surface area contributed by atoms with Crippen molar-refractivity contribution >= 4 is 22.4 Å². The number of hydrogen-bond acceptors (Lipinski definition) is 6. The average Bonchev–Trinajstić information content (AvgIpc) is 2.96. The number of rotatable bonds is 6. The molecular weight excluding hydrogens is 278 g/mol. The summed E-state index contributed by atoms with van der Waals surface area (Å²) < 4.78 is 10.7. The Bertz CT molecular complexity index is 413. The SMILES string of the molecule is COCCC(=O)N(CC1CN(C)CCO1)c1nccs1. The molecule has 1 aromatic heterocycles. The van der Waals surface area contributed by atoms with E-state index in [2.05, 4.69) is 16.9 Å². The molecular formula is C13H21N3O3S. The fourth-order valence-electron chi connectivity index (χ4n) is 2.14. The zero-order chi connectivity index (χ0) is 14.4. The largest absolute Gasteiger partial charge is 0.384 e. The molecule has 1 aliphatic heterocycles. The average molecular weight is 299 g/mol. The normalized spacial score (nSPS) is 20.0. The zero-order valence-electron chi connectivity index (χ0n) is 11.9. The van der Waals surface area contributed by atoms with E-state index in [1.54, 1.807) is 18.2 Å². The lowest BCUT2D eigenvalue weighted by atomic mass is 10.2. The molecule has 1 aliphatic rings. The van der Waals surface area contributed by atoms with Crippen LogP contribution in [-0.4, -0.2) is 68.9 Å². The summed E-state index contributed by atoms with van der Waals surface area (Å²) >= 11 is 1.47. The molecule has 1 amide bonds. The van der Waals surface area contributed by atoms with Crippen LogP contribution in [0.3, 0.4) is 0 Å². The molecule has 0 saturated carbocycles. The van der Waals surface area contributed by atoms with Gasteiger partial charge in [-0.25, -0.2) is 4.98 Å². The van der Waals surface area contributed by atoms with Crippen LogP contribution >= 0.6 is 11.3 Å². The highest BCUT2D eigenvalue weighted by molar-refractivity contribution is 7.13. The Morgan fingerprint density at radius 3 is 3.20 bits per heavy atom. The highest BCUT2D eigenvalue weighted by atomic mass is 32.1. The maximum absolute atomic E-state index is 12.3. The van der Waals surface area contributed by atoms with Crippen molar-refractivity contribution in [2.75, 3.05) is 51.9 Å². The number of carbonyl (C=O) groups is 1. The number of amides is 1. The Hall–Kier alpha value is -1.02. The third kappa shape index (κ3) is 4.24. The van der Waals surface area contributed by atoms with Crippen molar-refractivity contribution in [3.8, 4) is 0 Å². The maximum atomic E-state index is 12.3. The van der Waals surface area contributed by atoms with Crippen LogP contribution in [0.2, 0.25) is 0 Å². The summed E-state index contributed by atoms with van der Waals surface area (Å²) in [6.45, 7) is 3.44. The van der Waals surface area contributed by atoms with E-state index in [1.165, 1.54) is 11.3 Å². The number of carbonyl (C=O) groups excluding carboxylic acids is 1. The molecule has 1 saturated heterocycles. The van der Waals surface area contributed by atoms with E-state index in [9.17, 15) is 4.79 Å². The smallest absolute Gasteiger partial charge is 0.231 e. The Morgan fingerprint density at radius 1 is 1.70 bits per heavy atom. The van der Waals surface area contributed by atoms with Gasteiger partial charge in [0, 0.05) is 31.8 Å². The molecule has 1 fully saturated rings. The van der Waals surface area contributed by atoms with Crippen molar-refractivity contribution in [3.05, 3.63) is 11.6 Å². The number of likely N-dealkylation sites (N-methyl/N-ethyl adjacent to an activating group) is 1. The molecule has 1 aromatic rings. The Balaban J connectivity index is 2.00. The van der Waals surface area contributed by atoms with Crippen molar-refractivity contribution in [1.29, 1.82) is 0 Å². The lowest BCUT2D eigenvalue weighted by Crippen LogP contribution is -2.47. The summed E-state index contributed by atoms with van der Waals surface area (Å²) in [5, 5.41) is 2.60. The molecule has 0 spiro atoms. The van der Waals surface area contributed by atoms with Crippen LogP contribution in [0.5, 0.6) is 0 Å². The van der Waals surface area contributed by atoms with Crippen molar-refractivity contribution in [1.82, 2.24) is 9.88 Å². The number of methoxy groups -OCH3 is 1. The van der Waals surface area contributed by atoms with Gasteiger partial charge in [0.1, 0.15) is 0 Å². The summed E-state index contributed by atoms with van der Waals surface area (Å²) in [6.07, 6.45) is 2.10. The molecule has 2 rings (SSSR count). The molecule has 112 valence electrons. The molecule has 6 nitrogen and oxygen atoms in total. The first kappa shape index (κ1) is 15.4. The van der Waals surface area contributed by atoms with Crippen LogP contribution in [0.15, 0.2) is 11.6 Å². The van der Waals surface area contributed by atoms with Gasteiger partial charge in [0.05, 0.1) is 32.3 Å². The summed E-state index contributed by atoms with van der Waals surface area (Å²) in [7, 11) is 3.66. The van der Waals surface area contributed by atoms with Crippen molar-refractivity contribution < 1.29 is 14.3 Å². The first-order chi connectivity index (χ1) is 9.70. The minimum atomic E-state index is 0.0265. The second-order valence-electron chi connectivity index (χ2n) is 4.82. The Morgan fingerprint density at radius 2 is 2.55 bits per heavy atom. The zero-order valence-corrected chi connectivity index (χ0v) is 12.8. The quantitative estimate of drug-likeness (QED) is 0.779. The summed E-state index contributed by atoms with van der Waals surface area (Å²) in [5.74, 6) is 0.0265. The molecule has 1 atom stereocenters. The predicted octanol–water partition coefficient (Wildman–Crippen LogP) is 0.843. The summed E-state index contributed by atoms with van der Waals surface area (Å²) in [4.78, 5) is 20.5. The van der Waals surface area contributed by atoms with Gasteiger partial charge in [-0.2, -0.15) is 0 Å². The van der Waals surface area contributed by atoms with Gasteiger partial charge in [-0.1, -0.05) is 0 Å². The highest BCUT2D eigenvalue weighted by Crippen LogP contribution is 2.20. The van der Waals surface area contributed by atoms with Crippen molar-refractivity contribution in [2.45, 2.75) is 12.5 Å². The lowest BCUT2D eigenvalue weighted by molar-refractivity contribution is -0.120. The van der Waals surface area contributed by atoms with Gasteiger partial charge in [0.25, 0.3) is 0 Å². The maximum Gasteiger partial charge on any atom is 0.231 e. The first-order valence-corrected chi connectivity index (χ1v) is 7.57. The number of morpholine rings is 1. The topological polar surface area (TPSA) is 54.9 Å². The molecule has 0 radical (unpaired) electrons. The standard InChI is InChI=1S/C13H21N3O3S/c1-15-5-7-19-11(9-15)10-16(12(17)3-6-18-2)13-14-4-8-20-13/h4,8,11H,3,5-7,9-10H2,1-2H3. The van der Waals surface area contributed by atoms with Crippen molar-refractivity contribution in [2.24, 2.45) is 0 Å². The number of ether oxygens (including phenoxy) is 2. The molecule has 0 aliphatic carbocycles. The second-order valence-corrected chi connectivity index (χ2v) is 5.69. The number of thiazole rings is 1. The monoisotopic (exact) mass is 299 g/mol. The minimum absolute atomic E-state index is 0.0265. The summed E-state index contributed by atoms with van der Waals surface area (Å²) in [5.41, 5.74) is 0. The van der Waals surface area contributed by atoms with E-state index < -0.39 is 0 Å². The third-order valence-electron chi connectivity index (χ3n) is 3.20. The Kier molecular flexibility index (Phi) is 5.90. The second kappa shape index (κ2) is 7.68. The molecule has 7 heteroatoms. The van der Waals surface area contributed by atoms with Gasteiger partial charge >= 0.3 is 0 Å². The molecule has 0 N–H and O–H groups in total. The Labute approximate surface area is 123 Å². The van der Waals surface area contributed by atoms with Gasteiger partial charge in [-0.15, -0.1) is 11.3 Å². The van der Waals surface area contributed by atoms with Crippen LogP contribution in [0, 0.1) is 0 Å². The highest BCUT2D eigenvalue weighted by Gasteiger charge is 2.25. The molecule has 20 heavy (non-hydrogen) atoms.